The molecular formula is C15H10N2OS2. The predicted octanol–water partition coefficient (Wildman–Crippen LogP) is 4.73. The first-order chi connectivity index (χ1) is 9.90. The molecule has 0 aliphatic heterocycles. The van der Waals surface area contributed by atoms with Crippen LogP contribution in [-0.4, -0.2) is 10.1 Å². The number of hydrogen-bond acceptors (Lipinski definition) is 5. The van der Waals surface area contributed by atoms with Gasteiger partial charge in [0.05, 0.1) is 10.2 Å². The molecule has 2 aromatic carbocycles. The van der Waals surface area contributed by atoms with Gasteiger partial charge in [0.1, 0.15) is 5.69 Å². The van der Waals surface area contributed by atoms with Gasteiger partial charge in [0.25, 0.3) is 0 Å². The van der Waals surface area contributed by atoms with Crippen molar-refractivity contribution in [2.24, 2.45) is 0 Å². The van der Waals surface area contributed by atoms with Crippen molar-refractivity contribution >= 4 is 44.3 Å². The minimum Gasteiger partial charge on any atom is -0.356 e. The maximum Gasteiger partial charge on any atom is 0.167 e. The second kappa shape index (κ2) is 4.92. The fourth-order valence-corrected chi connectivity index (χ4v) is 4.10. The van der Waals surface area contributed by atoms with Gasteiger partial charge in [-0.1, -0.05) is 41.2 Å². The van der Waals surface area contributed by atoms with Crippen molar-refractivity contribution in [2.45, 2.75) is 10.1 Å². The summed E-state index contributed by atoms with van der Waals surface area (Å²) in [5.74, 6) is 0.775. The molecular weight excluding hydrogens is 288 g/mol. The van der Waals surface area contributed by atoms with E-state index in [4.69, 9.17) is 4.52 Å². The summed E-state index contributed by atoms with van der Waals surface area (Å²) in [6.45, 7) is 0. The van der Waals surface area contributed by atoms with E-state index in [-0.39, 0.29) is 0 Å². The van der Waals surface area contributed by atoms with Crippen LogP contribution in [0.1, 0.15) is 5.69 Å². The number of thioether (sulfide) groups is 1. The van der Waals surface area contributed by atoms with E-state index >= 15 is 0 Å². The molecule has 20 heavy (non-hydrogen) atoms. The molecule has 0 aliphatic rings. The Bertz CT molecular complexity index is 848. The monoisotopic (exact) mass is 298 g/mol. The lowest BCUT2D eigenvalue weighted by Gasteiger charge is -1.93. The molecule has 0 radical (unpaired) electrons. The highest BCUT2D eigenvalue weighted by molar-refractivity contribution is 8.00. The molecule has 4 rings (SSSR count). The normalized spacial score (nSPS) is 11.4. The first-order valence-electron chi connectivity index (χ1n) is 6.22. The van der Waals surface area contributed by atoms with Gasteiger partial charge in [-0.2, -0.15) is 0 Å². The lowest BCUT2D eigenvalue weighted by atomic mass is 10.2. The molecule has 4 aromatic rings. The Labute approximate surface area is 123 Å². The summed E-state index contributed by atoms with van der Waals surface area (Å²) >= 11 is 3.42. The number of hydrogen-bond donors (Lipinski definition) is 0. The van der Waals surface area contributed by atoms with Crippen molar-refractivity contribution in [1.82, 2.24) is 10.1 Å². The van der Waals surface area contributed by atoms with Gasteiger partial charge in [0.15, 0.2) is 9.92 Å². The predicted molar refractivity (Wildman–Crippen MR) is 83.2 cm³/mol. The summed E-state index contributed by atoms with van der Waals surface area (Å²) in [7, 11) is 0. The summed E-state index contributed by atoms with van der Waals surface area (Å²) in [6.07, 6.45) is 0. The third-order valence-corrected chi connectivity index (χ3v) is 5.25. The standard InChI is InChI=1S/C15H10N2OS2/c1-3-7-13-10(5-1)12(17-18-13)9-19-15-16-11-6-2-4-8-14(11)20-15/h1-8H,9H2. The largest absolute Gasteiger partial charge is 0.356 e. The number of thiazole rings is 1. The quantitative estimate of drug-likeness (QED) is 0.513. The maximum atomic E-state index is 5.32. The summed E-state index contributed by atoms with van der Waals surface area (Å²) in [5, 5.41) is 5.23. The molecule has 5 heteroatoms. The van der Waals surface area contributed by atoms with Crippen LogP contribution in [0, 0.1) is 0 Å². The third-order valence-electron chi connectivity index (χ3n) is 3.06. The van der Waals surface area contributed by atoms with Crippen LogP contribution in [0.3, 0.4) is 0 Å². The zero-order chi connectivity index (χ0) is 13.4. The first kappa shape index (κ1) is 11.9. The molecule has 0 saturated heterocycles. The molecule has 0 amide bonds. The second-order valence-electron chi connectivity index (χ2n) is 4.36. The minimum atomic E-state index is 0.775. The summed E-state index contributed by atoms with van der Waals surface area (Å²) in [4.78, 5) is 4.62. The average Bonchev–Trinajstić information content (AvgIpc) is 3.08. The van der Waals surface area contributed by atoms with Gasteiger partial charge in [-0.25, -0.2) is 4.98 Å². The lowest BCUT2D eigenvalue weighted by Crippen LogP contribution is -1.80. The van der Waals surface area contributed by atoms with Crippen molar-refractivity contribution in [3.05, 3.63) is 54.2 Å². The van der Waals surface area contributed by atoms with Crippen LogP contribution >= 0.6 is 23.1 Å². The fourth-order valence-electron chi connectivity index (χ4n) is 2.09. The molecule has 0 saturated carbocycles. The molecule has 2 heterocycles. The number of rotatable bonds is 3. The number of nitrogens with zero attached hydrogens (tertiary/aromatic N) is 2. The molecule has 0 N–H and O–H groups in total. The van der Waals surface area contributed by atoms with Crippen LogP contribution in [0.25, 0.3) is 21.2 Å². The first-order valence-corrected chi connectivity index (χ1v) is 8.02. The van der Waals surface area contributed by atoms with Crippen molar-refractivity contribution in [2.75, 3.05) is 0 Å². The van der Waals surface area contributed by atoms with E-state index in [1.807, 2.05) is 42.5 Å². The molecule has 0 atom stereocenters. The van der Waals surface area contributed by atoms with Gasteiger partial charge in [-0.05, 0) is 24.3 Å². The highest BCUT2D eigenvalue weighted by atomic mass is 32.2. The average molecular weight is 298 g/mol. The molecule has 98 valence electrons. The van der Waals surface area contributed by atoms with Gasteiger partial charge in [0.2, 0.25) is 0 Å². The minimum absolute atomic E-state index is 0.775. The van der Waals surface area contributed by atoms with E-state index in [2.05, 4.69) is 16.2 Å². The van der Waals surface area contributed by atoms with E-state index < -0.39 is 0 Å². The van der Waals surface area contributed by atoms with Gasteiger partial charge in [-0.3, -0.25) is 0 Å². The van der Waals surface area contributed by atoms with Crippen LogP contribution in [-0.2, 0) is 5.75 Å². The van der Waals surface area contributed by atoms with Crippen molar-refractivity contribution in [3.63, 3.8) is 0 Å². The Hall–Kier alpha value is -1.85. The maximum absolute atomic E-state index is 5.32. The number of aromatic nitrogens is 2. The SMILES string of the molecule is c1ccc2sc(SCc3noc4ccccc34)nc2c1. The zero-order valence-electron chi connectivity index (χ0n) is 10.4. The molecule has 2 aromatic heterocycles. The molecule has 0 spiro atoms. The molecule has 0 fully saturated rings. The van der Waals surface area contributed by atoms with Gasteiger partial charge in [0, 0.05) is 11.1 Å². The Kier molecular flexibility index (Phi) is 2.94. The van der Waals surface area contributed by atoms with Crippen LogP contribution in [0.5, 0.6) is 0 Å². The summed E-state index contributed by atoms with van der Waals surface area (Å²) in [5.41, 5.74) is 2.88. The van der Waals surface area contributed by atoms with Gasteiger partial charge in [-0.15, -0.1) is 11.3 Å². The fraction of sp³-hybridized carbons (Fsp3) is 0.0667. The van der Waals surface area contributed by atoms with Crippen LogP contribution in [0.15, 0.2) is 57.4 Å². The van der Waals surface area contributed by atoms with E-state index in [0.29, 0.717) is 0 Å². The van der Waals surface area contributed by atoms with Crippen LogP contribution in [0.2, 0.25) is 0 Å². The Morgan fingerprint density at radius 1 is 1.05 bits per heavy atom. The Morgan fingerprint density at radius 2 is 1.90 bits per heavy atom. The van der Waals surface area contributed by atoms with E-state index in [1.54, 1.807) is 23.1 Å². The topological polar surface area (TPSA) is 38.9 Å². The third kappa shape index (κ3) is 2.09. The smallest absolute Gasteiger partial charge is 0.167 e. The lowest BCUT2D eigenvalue weighted by molar-refractivity contribution is 0.449. The molecule has 0 unspecified atom stereocenters. The van der Waals surface area contributed by atoms with Crippen LogP contribution < -0.4 is 0 Å². The molecule has 3 nitrogen and oxygen atoms in total. The number of benzene rings is 2. The molecule has 0 bridgehead atoms. The van der Waals surface area contributed by atoms with Crippen LogP contribution in [0.4, 0.5) is 0 Å². The Balaban J connectivity index is 1.60. The van der Waals surface area contributed by atoms with E-state index in [0.717, 1.165) is 32.3 Å². The summed E-state index contributed by atoms with van der Waals surface area (Å²) < 4.78 is 7.61. The highest BCUT2D eigenvalue weighted by Crippen LogP contribution is 2.32. The molecule has 0 aliphatic carbocycles. The van der Waals surface area contributed by atoms with Gasteiger partial charge >= 0.3 is 0 Å². The van der Waals surface area contributed by atoms with Gasteiger partial charge < -0.3 is 4.52 Å². The Morgan fingerprint density at radius 3 is 2.85 bits per heavy atom. The van der Waals surface area contributed by atoms with E-state index in [1.165, 1.54) is 4.70 Å². The second-order valence-corrected chi connectivity index (χ2v) is 6.61. The highest BCUT2D eigenvalue weighted by Gasteiger charge is 2.09. The van der Waals surface area contributed by atoms with E-state index in [9.17, 15) is 0 Å². The van der Waals surface area contributed by atoms with Crippen molar-refractivity contribution in [3.8, 4) is 0 Å². The van der Waals surface area contributed by atoms with Crippen molar-refractivity contribution in [1.29, 1.82) is 0 Å². The number of para-hydroxylation sites is 2. The number of fused-ring (bicyclic) bond motifs is 2. The summed E-state index contributed by atoms with van der Waals surface area (Å²) in [6, 6.07) is 16.1. The van der Waals surface area contributed by atoms with Crippen molar-refractivity contribution < 1.29 is 4.52 Å². The zero-order valence-corrected chi connectivity index (χ0v) is 12.1.